The predicted octanol–water partition coefficient (Wildman–Crippen LogP) is 0.749. The van der Waals surface area contributed by atoms with Crippen LogP contribution in [0.15, 0.2) is 0 Å². The molecule has 0 aromatic rings. The molecule has 1 unspecified atom stereocenters. The normalized spacial score (nSPS) is 20.1. The molecule has 0 heterocycles. The highest BCUT2D eigenvalue weighted by Crippen LogP contribution is 2.57. The smallest absolute Gasteiger partial charge is 0.389 e. The molecular formula is C5H13BrO8P2. The first kappa shape index (κ1) is 16.7. The zero-order valence-corrected chi connectivity index (χ0v) is 11.7. The van der Waals surface area contributed by atoms with Crippen molar-refractivity contribution < 1.29 is 37.8 Å². The predicted molar refractivity (Wildman–Crippen MR) is 57.9 cm³/mol. The van der Waals surface area contributed by atoms with E-state index >= 15 is 0 Å². The van der Waals surface area contributed by atoms with E-state index in [1.54, 1.807) is 0 Å². The standard InChI is InChI=1S/C5H13BrO8P2/c1-5(7,4-6)2-3-13-16(11,12)14-15(8,9)10/h7H,2-4H2,1H3,(H,11,12)(H2,8,9,10)/t5-/m0/s1. The van der Waals surface area contributed by atoms with Gasteiger partial charge in [-0.3, -0.25) is 4.52 Å². The fraction of sp³-hybridized carbons (Fsp3) is 1.00. The van der Waals surface area contributed by atoms with E-state index in [0.29, 0.717) is 0 Å². The molecule has 16 heavy (non-hydrogen) atoms. The summed E-state index contributed by atoms with van der Waals surface area (Å²) in [5, 5.41) is 9.68. The second-order valence-electron chi connectivity index (χ2n) is 3.25. The zero-order chi connectivity index (χ0) is 13.0. The van der Waals surface area contributed by atoms with Crippen LogP contribution in [0.25, 0.3) is 0 Å². The van der Waals surface area contributed by atoms with Crippen molar-refractivity contribution >= 4 is 31.6 Å². The Balaban J connectivity index is 4.11. The van der Waals surface area contributed by atoms with Crippen LogP contribution in [-0.4, -0.2) is 37.3 Å². The topological polar surface area (TPSA) is 134 Å². The van der Waals surface area contributed by atoms with Gasteiger partial charge in [-0.2, -0.15) is 4.31 Å². The van der Waals surface area contributed by atoms with E-state index in [9.17, 15) is 14.2 Å². The maximum absolute atomic E-state index is 10.9. The van der Waals surface area contributed by atoms with Crippen LogP contribution in [0.5, 0.6) is 0 Å². The second kappa shape index (κ2) is 6.04. The maximum Gasteiger partial charge on any atom is 0.481 e. The monoisotopic (exact) mass is 342 g/mol. The third-order valence-corrected chi connectivity index (χ3v) is 4.79. The average molecular weight is 343 g/mol. The molecule has 0 aromatic heterocycles. The molecule has 0 aliphatic heterocycles. The first-order chi connectivity index (χ1) is 6.97. The Bertz CT molecular complexity index is 312. The van der Waals surface area contributed by atoms with E-state index in [4.69, 9.17) is 14.7 Å². The maximum atomic E-state index is 10.9. The molecule has 4 N–H and O–H groups in total. The highest BCUT2D eigenvalue weighted by molar-refractivity contribution is 9.09. The van der Waals surface area contributed by atoms with Crippen molar-refractivity contribution in [3.63, 3.8) is 0 Å². The molecule has 0 amide bonds. The van der Waals surface area contributed by atoms with Gasteiger partial charge in [0.05, 0.1) is 12.2 Å². The van der Waals surface area contributed by atoms with E-state index in [0.717, 1.165) is 0 Å². The first-order valence-electron chi connectivity index (χ1n) is 4.00. The molecule has 2 atom stereocenters. The molecule has 11 heteroatoms. The number of phosphoric acid groups is 2. The van der Waals surface area contributed by atoms with Gasteiger partial charge in [0.25, 0.3) is 0 Å². The van der Waals surface area contributed by atoms with Crippen LogP contribution in [0.4, 0.5) is 0 Å². The largest absolute Gasteiger partial charge is 0.481 e. The van der Waals surface area contributed by atoms with Crippen molar-refractivity contribution in [1.82, 2.24) is 0 Å². The van der Waals surface area contributed by atoms with Crippen LogP contribution in [0.3, 0.4) is 0 Å². The van der Waals surface area contributed by atoms with Crippen molar-refractivity contribution in [2.75, 3.05) is 11.9 Å². The summed E-state index contributed by atoms with van der Waals surface area (Å²) in [5.74, 6) is 0. The lowest BCUT2D eigenvalue weighted by atomic mass is 10.1. The minimum atomic E-state index is -5.08. The molecule has 0 spiro atoms. The third kappa shape index (κ3) is 8.81. The Morgan fingerprint density at radius 1 is 1.31 bits per heavy atom. The zero-order valence-electron chi connectivity index (χ0n) is 8.32. The summed E-state index contributed by atoms with van der Waals surface area (Å²) < 4.78 is 29.0. The molecule has 0 rings (SSSR count). The van der Waals surface area contributed by atoms with Gasteiger partial charge in [0, 0.05) is 11.8 Å². The number of halogens is 1. The summed E-state index contributed by atoms with van der Waals surface area (Å²) in [4.78, 5) is 25.4. The van der Waals surface area contributed by atoms with Crippen molar-refractivity contribution in [3.8, 4) is 0 Å². The third-order valence-electron chi connectivity index (χ3n) is 1.39. The summed E-state index contributed by atoms with van der Waals surface area (Å²) in [6.07, 6.45) is -0.00663. The summed E-state index contributed by atoms with van der Waals surface area (Å²) in [5.41, 5.74) is -1.15. The fourth-order valence-corrected chi connectivity index (χ4v) is 2.47. The summed E-state index contributed by atoms with van der Waals surface area (Å²) in [6, 6.07) is 0. The van der Waals surface area contributed by atoms with Crippen LogP contribution in [0.2, 0.25) is 0 Å². The summed E-state index contributed by atoms with van der Waals surface area (Å²) in [6.45, 7) is 1.07. The molecule has 0 radical (unpaired) electrons. The van der Waals surface area contributed by atoms with E-state index in [-0.39, 0.29) is 18.4 Å². The molecule has 8 nitrogen and oxygen atoms in total. The number of alkyl halides is 1. The van der Waals surface area contributed by atoms with Crippen LogP contribution in [0.1, 0.15) is 13.3 Å². The van der Waals surface area contributed by atoms with Crippen molar-refractivity contribution in [3.05, 3.63) is 0 Å². The van der Waals surface area contributed by atoms with Gasteiger partial charge in [0.2, 0.25) is 0 Å². The fourth-order valence-electron chi connectivity index (χ4n) is 0.606. The lowest BCUT2D eigenvalue weighted by Crippen LogP contribution is -2.27. The molecule has 98 valence electrons. The highest BCUT2D eigenvalue weighted by atomic mass is 79.9. The van der Waals surface area contributed by atoms with Crippen LogP contribution < -0.4 is 0 Å². The van der Waals surface area contributed by atoms with Crippen LogP contribution >= 0.6 is 31.6 Å². The Morgan fingerprint density at radius 2 is 1.81 bits per heavy atom. The molecule has 0 saturated carbocycles. The number of phosphoric ester groups is 1. The lowest BCUT2D eigenvalue weighted by molar-refractivity contribution is 0.0554. The highest BCUT2D eigenvalue weighted by Gasteiger charge is 2.32. The molecule has 0 saturated heterocycles. The van der Waals surface area contributed by atoms with Crippen molar-refractivity contribution in [2.45, 2.75) is 18.9 Å². The van der Waals surface area contributed by atoms with E-state index in [1.165, 1.54) is 6.92 Å². The molecule has 0 bridgehead atoms. The molecule has 0 aromatic carbocycles. The van der Waals surface area contributed by atoms with Gasteiger partial charge in [-0.25, -0.2) is 9.13 Å². The molecule has 0 aliphatic rings. The average Bonchev–Trinajstić information content (AvgIpc) is 1.98. The Hall–Kier alpha value is 0.700. The molecule has 0 fully saturated rings. The van der Waals surface area contributed by atoms with Gasteiger partial charge in [-0.1, -0.05) is 15.9 Å². The summed E-state index contributed by atoms with van der Waals surface area (Å²) in [7, 11) is -9.89. The minimum Gasteiger partial charge on any atom is -0.389 e. The summed E-state index contributed by atoms with van der Waals surface area (Å²) >= 11 is 3.01. The van der Waals surface area contributed by atoms with Crippen LogP contribution in [0, 0.1) is 0 Å². The minimum absolute atomic E-state index is 0.00663. The Kier molecular flexibility index (Phi) is 6.30. The van der Waals surface area contributed by atoms with Gasteiger partial charge in [0.1, 0.15) is 0 Å². The molecule has 0 aliphatic carbocycles. The van der Waals surface area contributed by atoms with Gasteiger partial charge in [0.15, 0.2) is 0 Å². The number of hydrogen-bond donors (Lipinski definition) is 4. The number of aliphatic hydroxyl groups is 1. The second-order valence-corrected chi connectivity index (χ2v) is 6.64. The van der Waals surface area contributed by atoms with E-state index in [2.05, 4.69) is 24.8 Å². The van der Waals surface area contributed by atoms with Crippen molar-refractivity contribution in [1.29, 1.82) is 0 Å². The SMILES string of the molecule is C[C@@](O)(CBr)CCOP(=O)(O)OP(=O)(O)O. The van der Waals surface area contributed by atoms with Gasteiger partial charge < -0.3 is 19.8 Å². The van der Waals surface area contributed by atoms with Gasteiger partial charge in [-0.15, -0.1) is 0 Å². The first-order valence-corrected chi connectivity index (χ1v) is 8.15. The Labute approximate surface area is 101 Å². The Morgan fingerprint density at radius 3 is 2.19 bits per heavy atom. The quantitative estimate of drug-likeness (QED) is 0.393. The van der Waals surface area contributed by atoms with Gasteiger partial charge in [-0.05, 0) is 6.92 Å². The van der Waals surface area contributed by atoms with Crippen LogP contribution in [-0.2, 0) is 18.0 Å². The van der Waals surface area contributed by atoms with E-state index in [1.807, 2.05) is 0 Å². The lowest BCUT2D eigenvalue weighted by Gasteiger charge is -2.20. The van der Waals surface area contributed by atoms with Crippen molar-refractivity contribution in [2.24, 2.45) is 0 Å². The number of hydrogen-bond acceptors (Lipinski definition) is 5. The van der Waals surface area contributed by atoms with E-state index < -0.39 is 21.2 Å². The number of rotatable bonds is 7. The van der Waals surface area contributed by atoms with Gasteiger partial charge >= 0.3 is 15.6 Å². The molecular weight excluding hydrogens is 330 g/mol.